The maximum absolute atomic E-state index is 12.7. The Hall–Kier alpha value is -3.52. The summed E-state index contributed by atoms with van der Waals surface area (Å²) in [5, 5.41) is 11.4. The summed E-state index contributed by atoms with van der Waals surface area (Å²) in [5.41, 5.74) is 6.44. The van der Waals surface area contributed by atoms with Gasteiger partial charge in [0.15, 0.2) is 11.5 Å². The monoisotopic (exact) mass is 489 g/mol. The van der Waals surface area contributed by atoms with Gasteiger partial charge in [-0.2, -0.15) is 5.10 Å². The van der Waals surface area contributed by atoms with Gasteiger partial charge in [0.1, 0.15) is 0 Å². The lowest BCUT2D eigenvalue weighted by atomic mass is 10.00. The number of amides is 1. The highest BCUT2D eigenvalue weighted by Crippen LogP contribution is 2.32. The van der Waals surface area contributed by atoms with Gasteiger partial charge in [-0.3, -0.25) is 9.48 Å². The standard InChI is InChI=1S/C28H35N5O3/c1-18(27-19(2)31-32(4)20(27)3)30-23-11-13-33(14-12-23)24-8-6-22(7-9-24)28(34)29-16-21-5-10-25-26(15-21)36-17-35-25/h5-10,15,18,23,30H,11-14,16-17H2,1-4H3,(H,29,34). The van der Waals surface area contributed by atoms with Gasteiger partial charge in [-0.25, -0.2) is 0 Å². The quantitative estimate of drug-likeness (QED) is 0.522. The average molecular weight is 490 g/mol. The molecule has 0 bridgehead atoms. The number of aryl methyl sites for hydroxylation is 2. The Kier molecular flexibility index (Phi) is 6.87. The number of anilines is 1. The van der Waals surface area contributed by atoms with E-state index in [1.165, 1.54) is 11.3 Å². The Morgan fingerprint density at radius 1 is 1.08 bits per heavy atom. The second kappa shape index (κ2) is 10.2. The van der Waals surface area contributed by atoms with Gasteiger partial charge in [0, 0.05) is 61.3 Å². The van der Waals surface area contributed by atoms with E-state index in [4.69, 9.17) is 9.47 Å². The molecular formula is C28H35N5O3. The molecule has 1 amide bonds. The van der Waals surface area contributed by atoms with E-state index in [0.29, 0.717) is 18.2 Å². The molecule has 2 aliphatic heterocycles. The molecule has 2 aromatic carbocycles. The lowest BCUT2D eigenvalue weighted by molar-refractivity contribution is 0.0951. The average Bonchev–Trinajstić information content (AvgIpc) is 3.45. The zero-order valence-electron chi connectivity index (χ0n) is 21.5. The van der Waals surface area contributed by atoms with Crippen LogP contribution in [0.15, 0.2) is 42.5 Å². The maximum atomic E-state index is 12.7. The molecule has 0 saturated carbocycles. The second-order valence-electron chi connectivity index (χ2n) is 9.77. The minimum Gasteiger partial charge on any atom is -0.454 e. The molecule has 0 radical (unpaired) electrons. The van der Waals surface area contributed by atoms with E-state index >= 15 is 0 Å². The SMILES string of the molecule is Cc1nn(C)c(C)c1C(C)NC1CCN(c2ccc(C(=O)NCc3ccc4c(c3)OCO4)cc2)CC1. The predicted octanol–water partition coefficient (Wildman–Crippen LogP) is 4.02. The van der Waals surface area contributed by atoms with Crippen molar-refractivity contribution in [2.75, 3.05) is 24.8 Å². The molecule has 8 heteroatoms. The molecule has 3 heterocycles. The molecule has 0 aliphatic carbocycles. The summed E-state index contributed by atoms with van der Waals surface area (Å²) >= 11 is 0. The third-order valence-corrected chi connectivity index (χ3v) is 7.36. The van der Waals surface area contributed by atoms with Crippen LogP contribution in [-0.2, 0) is 13.6 Å². The van der Waals surface area contributed by atoms with Crippen molar-refractivity contribution < 1.29 is 14.3 Å². The Morgan fingerprint density at radius 2 is 1.81 bits per heavy atom. The number of piperidine rings is 1. The number of benzene rings is 2. The number of hydrogen-bond donors (Lipinski definition) is 2. The van der Waals surface area contributed by atoms with Crippen molar-refractivity contribution in [2.24, 2.45) is 7.05 Å². The first-order chi connectivity index (χ1) is 17.4. The van der Waals surface area contributed by atoms with Gasteiger partial charge in [-0.05, 0) is 75.6 Å². The van der Waals surface area contributed by atoms with Gasteiger partial charge in [-0.15, -0.1) is 0 Å². The zero-order chi connectivity index (χ0) is 25.2. The highest BCUT2D eigenvalue weighted by Gasteiger charge is 2.24. The van der Waals surface area contributed by atoms with E-state index in [-0.39, 0.29) is 18.7 Å². The van der Waals surface area contributed by atoms with Crippen LogP contribution < -0.4 is 25.0 Å². The van der Waals surface area contributed by atoms with Crippen LogP contribution in [0.1, 0.15) is 58.7 Å². The molecule has 1 saturated heterocycles. The smallest absolute Gasteiger partial charge is 0.251 e. The van der Waals surface area contributed by atoms with Gasteiger partial charge in [-0.1, -0.05) is 6.07 Å². The molecule has 1 atom stereocenters. The molecule has 1 unspecified atom stereocenters. The van der Waals surface area contributed by atoms with Crippen LogP contribution in [0, 0.1) is 13.8 Å². The highest BCUT2D eigenvalue weighted by atomic mass is 16.7. The van der Waals surface area contributed by atoms with Gasteiger partial charge in [0.2, 0.25) is 6.79 Å². The first kappa shape index (κ1) is 24.2. The summed E-state index contributed by atoms with van der Waals surface area (Å²) in [7, 11) is 2.01. The molecule has 190 valence electrons. The van der Waals surface area contributed by atoms with Crippen LogP contribution in [0.4, 0.5) is 5.69 Å². The molecule has 36 heavy (non-hydrogen) atoms. The van der Waals surface area contributed by atoms with Gasteiger partial charge in [0.05, 0.1) is 5.69 Å². The molecular weight excluding hydrogens is 454 g/mol. The summed E-state index contributed by atoms with van der Waals surface area (Å²) < 4.78 is 12.7. The lowest BCUT2D eigenvalue weighted by Gasteiger charge is -2.35. The van der Waals surface area contributed by atoms with Crippen LogP contribution >= 0.6 is 0 Å². The largest absolute Gasteiger partial charge is 0.454 e. The summed E-state index contributed by atoms with van der Waals surface area (Å²) in [4.78, 5) is 15.1. The topological polar surface area (TPSA) is 80.7 Å². The predicted molar refractivity (Wildman–Crippen MR) is 140 cm³/mol. The fourth-order valence-corrected chi connectivity index (χ4v) is 5.32. The van der Waals surface area contributed by atoms with Crippen molar-refractivity contribution in [3.63, 3.8) is 0 Å². The van der Waals surface area contributed by atoms with E-state index in [0.717, 1.165) is 54.4 Å². The number of ether oxygens (including phenoxy) is 2. The first-order valence-corrected chi connectivity index (χ1v) is 12.7. The summed E-state index contributed by atoms with van der Waals surface area (Å²) in [6.45, 7) is 9.13. The van der Waals surface area contributed by atoms with Crippen LogP contribution in [0.3, 0.4) is 0 Å². The molecule has 2 N–H and O–H groups in total. The molecule has 1 fully saturated rings. The lowest BCUT2D eigenvalue weighted by Crippen LogP contribution is -2.43. The summed E-state index contributed by atoms with van der Waals surface area (Å²) in [6, 6.07) is 14.4. The second-order valence-corrected chi connectivity index (χ2v) is 9.77. The fraction of sp³-hybridized carbons (Fsp3) is 0.429. The third-order valence-electron chi connectivity index (χ3n) is 7.36. The Bertz CT molecular complexity index is 1230. The minimum atomic E-state index is -0.0860. The number of carbonyl (C=O) groups is 1. The van der Waals surface area contributed by atoms with Gasteiger partial charge < -0.3 is 25.0 Å². The Morgan fingerprint density at radius 3 is 2.50 bits per heavy atom. The van der Waals surface area contributed by atoms with E-state index in [2.05, 4.69) is 41.4 Å². The molecule has 1 aromatic heterocycles. The Labute approximate surface area is 212 Å². The number of carbonyl (C=O) groups excluding carboxylic acids is 1. The normalized spacial score (nSPS) is 16.3. The number of fused-ring (bicyclic) bond motifs is 1. The van der Waals surface area contributed by atoms with Gasteiger partial charge in [0.25, 0.3) is 5.91 Å². The van der Waals surface area contributed by atoms with Crippen molar-refractivity contribution in [1.29, 1.82) is 0 Å². The number of hydrogen-bond acceptors (Lipinski definition) is 6. The third kappa shape index (κ3) is 5.04. The molecule has 8 nitrogen and oxygen atoms in total. The molecule has 2 aliphatic rings. The van der Waals surface area contributed by atoms with Gasteiger partial charge >= 0.3 is 0 Å². The minimum absolute atomic E-state index is 0.0860. The summed E-state index contributed by atoms with van der Waals surface area (Å²) in [6.07, 6.45) is 2.17. The van der Waals surface area contributed by atoms with E-state index in [1.54, 1.807) is 0 Å². The number of aromatic nitrogens is 2. The number of nitrogens with zero attached hydrogens (tertiary/aromatic N) is 3. The van der Waals surface area contributed by atoms with Crippen LogP contribution in [0.5, 0.6) is 11.5 Å². The first-order valence-electron chi connectivity index (χ1n) is 12.7. The van der Waals surface area contributed by atoms with Crippen molar-refractivity contribution in [3.05, 3.63) is 70.5 Å². The summed E-state index contributed by atoms with van der Waals surface area (Å²) in [5.74, 6) is 1.38. The molecule has 3 aromatic rings. The van der Waals surface area contributed by atoms with Crippen LogP contribution in [0.25, 0.3) is 0 Å². The number of rotatable bonds is 7. The van der Waals surface area contributed by atoms with Crippen molar-refractivity contribution in [3.8, 4) is 11.5 Å². The highest BCUT2D eigenvalue weighted by molar-refractivity contribution is 5.94. The van der Waals surface area contributed by atoms with E-state index < -0.39 is 0 Å². The van der Waals surface area contributed by atoms with Crippen molar-refractivity contribution in [1.82, 2.24) is 20.4 Å². The van der Waals surface area contributed by atoms with Crippen LogP contribution in [0.2, 0.25) is 0 Å². The molecule has 0 spiro atoms. The van der Waals surface area contributed by atoms with Crippen molar-refractivity contribution >= 4 is 11.6 Å². The van der Waals surface area contributed by atoms with Crippen molar-refractivity contribution in [2.45, 2.75) is 52.2 Å². The van der Waals surface area contributed by atoms with Crippen LogP contribution in [-0.4, -0.2) is 41.6 Å². The fourth-order valence-electron chi connectivity index (χ4n) is 5.32. The number of nitrogens with one attached hydrogen (secondary N) is 2. The van der Waals surface area contributed by atoms with E-state index in [9.17, 15) is 4.79 Å². The zero-order valence-corrected chi connectivity index (χ0v) is 21.5. The maximum Gasteiger partial charge on any atom is 0.251 e. The Balaban J connectivity index is 1.11. The molecule has 5 rings (SSSR count). The van der Waals surface area contributed by atoms with E-state index in [1.807, 2.05) is 54.2 Å².